The maximum Gasteiger partial charge on any atom is 0.257 e. The molecule has 20 atom stereocenters. The Morgan fingerprint density at radius 1 is 0.411 bits per heavy atom. The Balaban J connectivity index is 0.000000112. The standard InChI is InChI=1S/C22H24ClN3O3.2C22H25N3O3.C21H23FN4O4.C19H18N4O3/c1-12-4-8-25-22-13(12)6-9-26(22)17-10-19(21(28)20(17)27)29-18-3-2-16(23)14-5-7-24-11-15(14)18;1-13-6-8-23-22-15(13)7-9-25(22)17-10-19(21(27)20(17)26)28-18-5-3-4-14-11-24(2)12-16(14)18;1-13-5-9-24-22-15(13)7-10-25(22)17-11-19(21(27)20(17)26)28-18-4-2-3-14-6-8-23-12-16(14)18;1-11-13-6-7-26(20(13)24-10-23-11)15-9-17(19(28)18(15)27)30-16-5-4-12(22)8-14(16)21(29)25(2)3;1-11-13-6-7-23(19(13)22-10-21-11)14-8-16(18(25)17(14)24)26-15-5-3-2-4-12(15)9-20/h2-4,6,8-9,17,19-21,24,27-28H,5,7,10-11H2,1H3;3-9,17,19-21,26-27H,10-12H2,1-2H3;2-5,7,9-10,17,19-21,23,26-27H,6,8,11-12H2,1H3;4-8,10,15,17-19,27-28H,9H2,1-3H3;2-7,10,14,16-18,24-25H,8H2,1H3/t3*17?,19?,20-,21+;15?,17?,18-,19+;14-,16?,17?,18?/m00000/s1. The molecule has 11 unspecified atom stereocenters. The minimum absolute atomic E-state index is 0.0555. The highest BCUT2D eigenvalue weighted by molar-refractivity contribution is 6.31. The molecule has 12 N–H and O–H groups in total. The summed E-state index contributed by atoms with van der Waals surface area (Å²) in [7, 11) is 5.20. The largest absolute Gasteiger partial charge is 0.487 e. The third-order valence-electron chi connectivity index (χ3n) is 29.1. The number of benzene rings is 5. The molecule has 23 rings (SSSR count). The third kappa shape index (κ3) is 19.0. The average Bonchev–Trinajstić information content (AvgIpc) is 1.63. The van der Waals surface area contributed by atoms with Gasteiger partial charge in [0, 0.05) is 171 Å². The quantitative estimate of drug-likeness (QED) is 0.0427. The van der Waals surface area contributed by atoms with E-state index in [-0.39, 0.29) is 41.9 Å². The number of nitrogens with one attached hydrogen (secondary N) is 2. The number of fused-ring (bicyclic) bond motifs is 8. The maximum atomic E-state index is 13.7. The van der Waals surface area contributed by atoms with Gasteiger partial charge in [-0.05, 0) is 204 Å². The Hall–Kier alpha value is -12.9. The minimum atomic E-state index is -1.19. The molecule has 33 nitrogen and oxygen atoms in total. The fourth-order valence-corrected chi connectivity index (χ4v) is 21.6. The monoisotopic (exact) mass is 1940 g/mol. The number of nitrogens with zero attached hydrogens (tertiary/aromatic N) is 15. The summed E-state index contributed by atoms with van der Waals surface area (Å²) in [6.07, 6.45) is 9.01. The van der Waals surface area contributed by atoms with Crippen LogP contribution in [-0.4, -0.2) is 250 Å². The molecule has 8 aliphatic rings. The van der Waals surface area contributed by atoms with Crippen molar-refractivity contribution in [2.45, 2.75) is 228 Å². The van der Waals surface area contributed by atoms with Crippen LogP contribution in [0.2, 0.25) is 5.02 Å². The molecule has 5 fully saturated rings. The number of nitriles is 1. The van der Waals surface area contributed by atoms with E-state index in [1.54, 1.807) is 67.7 Å². The molecule has 0 saturated heterocycles. The molecule has 0 radical (unpaired) electrons. The van der Waals surface area contributed by atoms with E-state index >= 15 is 0 Å². The molecule has 5 saturated carbocycles. The first-order chi connectivity index (χ1) is 68.1. The average molecular weight is 1940 g/mol. The smallest absolute Gasteiger partial charge is 0.257 e. The Morgan fingerprint density at radius 2 is 0.787 bits per heavy atom. The van der Waals surface area contributed by atoms with Crippen molar-refractivity contribution in [2.75, 3.05) is 34.2 Å². The highest BCUT2D eigenvalue weighted by Gasteiger charge is 2.50. The van der Waals surface area contributed by atoms with Crippen LogP contribution in [0.4, 0.5) is 4.39 Å². The summed E-state index contributed by atoms with van der Waals surface area (Å²) in [5, 5.41) is 128. The van der Waals surface area contributed by atoms with Gasteiger partial charge in [0.15, 0.2) is 0 Å². The fraction of sp³-hybridized carbons (Fsp3) is 0.387. The van der Waals surface area contributed by atoms with Crippen molar-refractivity contribution < 1.29 is 83.9 Å². The zero-order valence-corrected chi connectivity index (χ0v) is 79.9. The number of aliphatic hydroxyl groups excluding tert-OH is 10. The second-order valence-electron chi connectivity index (χ2n) is 38.1. The first kappa shape index (κ1) is 96.9. The van der Waals surface area contributed by atoms with Crippen LogP contribution in [0.3, 0.4) is 0 Å². The van der Waals surface area contributed by atoms with Crippen LogP contribution < -0.4 is 34.3 Å². The predicted molar refractivity (Wildman–Crippen MR) is 524 cm³/mol. The second kappa shape index (κ2) is 41.0. The fourth-order valence-electron chi connectivity index (χ4n) is 21.3. The normalized spacial score (nSPS) is 26.0. The summed E-state index contributed by atoms with van der Waals surface area (Å²) < 4.78 is 53.8. The number of hydrogen-bond acceptors (Lipinski definition) is 27. The molecular weight excluding hydrogens is 1820 g/mol. The lowest BCUT2D eigenvalue weighted by molar-refractivity contribution is -0.0166. The van der Waals surface area contributed by atoms with Crippen molar-refractivity contribution in [3.8, 4) is 34.8 Å². The van der Waals surface area contributed by atoms with E-state index in [4.69, 9.17) is 35.3 Å². The van der Waals surface area contributed by atoms with E-state index in [0.717, 1.165) is 163 Å². The molecule has 10 aromatic heterocycles. The van der Waals surface area contributed by atoms with Gasteiger partial charge in [-0.2, -0.15) is 5.26 Å². The number of aliphatic hydroxyl groups is 10. The van der Waals surface area contributed by atoms with Gasteiger partial charge in [-0.1, -0.05) is 48.0 Å². The lowest BCUT2D eigenvalue weighted by Crippen LogP contribution is -2.34. The van der Waals surface area contributed by atoms with Crippen molar-refractivity contribution >= 4 is 72.7 Å². The number of ether oxygens (including phenoxy) is 5. The van der Waals surface area contributed by atoms with E-state index in [0.29, 0.717) is 54.8 Å². The van der Waals surface area contributed by atoms with Gasteiger partial charge in [0.25, 0.3) is 5.91 Å². The van der Waals surface area contributed by atoms with E-state index in [2.05, 4.69) is 75.7 Å². The van der Waals surface area contributed by atoms with E-state index in [1.807, 2.05) is 163 Å². The highest BCUT2D eigenvalue weighted by Crippen LogP contribution is 2.46. The van der Waals surface area contributed by atoms with Gasteiger partial charge in [0.2, 0.25) is 0 Å². The number of aryl methyl sites for hydroxylation is 5. The number of pyridine rings is 3. The van der Waals surface area contributed by atoms with E-state index < -0.39 is 109 Å². The predicted octanol–water partition coefficient (Wildman–Crippen LogP) is 10.7. The molecule has 35 heteroatoms. The first-order valence-corrected chi connectivity index (χ1v) is 48.0. The molecular formula is C106H115ClFN17O16. The number of halogens is 2. The number of para-hydroxylation sites is 1. The summed E-state index contributed by atoms with van der Waals surface area (Å²) in [5.74, 6) is 1.91. The Kier molecular flexibility index (Phi) is 28.2. The molecule has 734 valence electrons. The zero-order valence-electron chi connectivity index (χ0n) is 79.2. The van der Waals surface area contributed by atoms with Crippen molar-refractivity contribution in [3.63, 3.8) is 0 Å². The van der Waals surface area contributed by atoms with Gasteiger partial charge in [0.1, 0.15) is 173 Å². The molecule has 5 aliphatic carbocycles. The topological polar surface area (TPSA) is 435 Å². The number of aromatic nitrogens is 12. The van der Waals surface area contributed by atoms with Crippen LogP contribution in [-0.2, 0) is 39.0 Å². The van der Waals surface area contributed by atoms with E-state index in [9.17, 15) is 65.5 Å². The summed E-state index contributed by atoms with van der Waals surface area (Å²) in [5.41, 5.74) is 16.4. The third-order valence-corrected chi connectivity index (χ3v) is 29.4. The van der Waals surface area contributed by atoms with Gasteiger partial charge in [-0.15, -0.1) is 0 Å². The SMILES string of the molecule is Cc1ccnc2c1ccn2C1CC(Oc2ccc(Cl)c3c2CNCC3)[C@@H](O)[C@H]1O.Cc1ccnc2c1ccn2C1CC(Oc2cccc3c2CN(C)C3)[C@@H](O)[C@H]1O.Cc1ccnc2c1ccn2C1CC(Oc2cccc3c2CNCC3)[C@@H](O)[C@H]1O.Cc1ncnc2c1ccn2C1CC(Oc2ccc(F)cc2C(=O)N(C)C)[C@@H](O)[C@H]1O.Cc1ncnc2c1ccn2[C@H]1CC(Oc2ccccc2C#N)C(O)C1O. The van der Waals surface area contributed by atoms with Crippen molar-refractivity contribution in [2.24, 2.45) is 0 Å². The zero-order chi connectivity index (χ0) is 98.6. The molecule has 0 spiro atoms. The van der Waals surface area contributed by atoms with Crippen molar-refractivity contribution in [3.05, 3.63) is 285 Å². The lowest BCUT2D eigenvalue weighted by Gasteiger charge is -2.25. The van der Waals surface area contributed by atoms with Crippen LogP contribution in [0.15, 0.2) is 202 Å². The summed E-state index contributed by atoms with van der Waals surface area (Å²) in [6, 6.07) is 42.5. The van der Waals surface area contributed by atoms with Crippen LogP contribution in [0, 0.1) is 51.8 Å². The number of carbonyl (C=O) groups excluding carboxylic acids is 1. The summed E-state index contributed by atoms with van der Waals surface area (Å²) in [4.78, 5) is 46.4. The van der Waals surface area contributed by atoms with Crippen molar-refractivity contribution in [1.82, 2.24) is 78.2 Å². The van der Waals surface area contributed by atoms with Gasteiger partial charge < -0.3 is 113 Å². The van der Waals surface area contributed by atoms with Gasteiger partial charge >= 0.3 is 0 Å². The van der Waals surface area contributed by atoms with Crippen LogP contribution in [0.25, 0.3) is 55.2 Å². The molecule has 13 heterocycles. The first-order valence-electron chi connectivity index (χ1n) is 47.7. The lowest BCUT2D eigenvalue weighted by atomic mass is 10.00. The Morgan fingerprint density at radius 3 is 1.23 bits per heavy atom. The van der Waals surface area contributed by atoms with Gasteiger partial charge in [-0.3, -0.25) is 9.69 Å². The number of hydrogen-bond donors (Lipinski definition) is 12. The van der Waals surface area contributed by atoms with Gasteiger partial charge in [0.05, 0.1) is 52.7 Å². The summed E-state index contributed by atoms with van der Waals surface area (Å²) in [6.45, 7) is 15.0. The van der Waals surface area contributed by atoms with Crippen LogP contribution in [0.5, 0.6) is 28.7 Å². The highest BCUT2D eigenvalue weighted by atomic mass is 35.5. The van der Waals surface area contributed by atoms with E-state index in [1.165, 1.54) is 46.4 Å². The molecule has 141 heavy (non-hydrogen) atoms. The number of amides is 1. The van der Waals surface area contributed by atoms with Crippen LogP contribution in [0.1, 0.15) is 140 Å². The minimum Gasteiger partial charge on any atom is -0.487 e. The number of carbonyl (C=O) groups is 1. The molecule has 1 amide bonds. The van der Waals surface area contributed by atoms with Crippen molar-refractivity contribution in [1.29, 1.82) is 5.26 Å². The molecule has 3 aliphatic heterocycles. The number of rotatable bonds is 16. The Labute approximate surface area is 817 Å². The second-order valence-corrected chi connectivity index (χ2v) is 38.5. The van der Waals surface area contributed by atoms with Crippen LogP contribution >= 0.6 is 11.6 Å². The summed E-state index contributed by atoms with van der Waals surface area (Å²) >= 11 is 6.36. The molecule has 15 aromatic rings. The maximum absolute atomic E-state index is 13.7. The van der Waals surface area contributed by atoms with Gasteiger partial charge in [-0.25, -0.2) is 39.3 Å². The molecule has 0 bridgehead atoms. The Bertz CT molecular complexity index is 7150. The molecule has 5 aromatic carbocycles.